The van der Waals surface area contributed by atoms with E-state index in [1.165, 1.54) is 0 Å². The smallest absolute Gasteiger partial charge is 0.227 e. The molecule has 2 N–H and O–H groups in total. The van der Waals surface area contributed by atoms with Gasteiger partial charge in [-0.15, -0.1) is 12.4 Å². The summed E-state index contributed by atoms with van der Waals surface area (Å²) in [4.78, 5) is 14.5. The number of carbonyl (C=O) groups is 1. The molecule has 0 saturated heterocycles. The standard InChI is InChI=1S/C14H30N2O.ClH/c1-7-13(8-2)16(9-10(3)4)14(17)11(5)12(6)15;/h10-13H,7-9,15H2,1-6H3;1H. The Morgan fingerprint density at radius 2 is 1.56 bits per heavy atom. The summed E-state index contributed by atoms with van der Waals surface area (Å²) in [5, 5.41) is 0. The summed E-state index contributed by atoms with van der Waals surface area (Å²) in [7, 11) is 0. The minimum absolute atomic E-state index is 0. The summed E-state index contributed by atoms with van der Waals surface area (Å²) in [6.07, 6.45) is 2.03. The lowest BCUT2D eigenvalue weighted by molar-refractivity contribution is -0.138. The Kier molecular flexibility index (Phi) is 10.7. The second kappa shape index (κ2) is 9.62. The first kappa shape index (κ1) is 20.0. The summed E-state index contributed by atoms with van der Waals surface area (Å²) in [5.41, 5.74) is 5.84. The molecule has 0 saturated carbocycles. The Labute approximate surface area is 119 Å². The molecule has 2 atom stereocenters. The van der Waals surface area contributed by atoms with E-state index in [2.05, 4.69) is 27.7 Å². The highest BCUT2D eigenvalue weighted by Crippen LogP contribution is 2.16. The van der Waals surface area contributed by atoms with Crippen LogP contribution >= 0.6 is 12.4 Å². The zero-order chi connectivity index (χ0) is 13.6. The number of rotatable bonds is 7. The maximum atomic E-state index is 12.4. The van der Waals surface area contributed by atoms with Crippen LogP contribution in [0.15, 0.2) is 0 Å². The first-order valence-electron chi connectivity index (χ1n) is 6.91. The SMILES string of the molecule is CCC(CC)N(CC(C)C)C(=O)C(C)C(C)N.Cl. The molecule has 0 aliphatic heterocycles. The number of amides is 1. The normalized spacial score (nSPS) is 14.3. The fourth-order valence-electron chi connectivity index (χ4n) is 2.03. The second-order valence-corrected chi connectivity index (χ2v) is 5.50. The van der Waals surface area contributed by atoms with Crippen molar-refractivity contribution in [3.63, 3.8) is 0 Å². The Balaban J connectivity index is 0. The van der Waals surface area contributed by atoms with E-state index < -0.39 is 0 Å². The molecule has 0 aromatic heterocycles. The molecule has 0 heterocycles. The van der Waals surface area contributed by atoms with E-state index in [-0.39, 0.29) is 30.3 Å². The van der Waals surface area contributed by atoms with Crippen molar-refractivity contribution in [3.05, 3.63) is 0 Å². The van der Waals surface area contributed by atoms with E-state index in [9.17, 15) is 4.79 Å². The Morgan fingerprint density at radius 1 is 1.11 bits per heavy atom. The first-order valence-corrected chi connectivity index (χ1v) is 6.91. The summed E-state index contributed by atoms with van der Waals surface area (Å²) < 4.78 is 0. The molecule has 4 heteroatoms. The van der Waals surface area contributed by atoms with E-state index in [0.29, 0.717) is 12.0 Å². The number of hydrogen-bond donors (Lipinski definition) is 1. The largest absolute Gasteiger partial charge is 0.339 e. The van der Waals surface area contributed by atoms with Crippen molar-refractivity contribution in [1.82, 2.24) is 4.90 Å². The molecule has 1 amide bonds. The highest BCUT2D eigenvalue weighted by atomic mass is 35.5. The number of nitrogens with zero attached hydrogens (tertiary/aromatic N) is 1. The van der Waals surface area contributed by atoms with Crippen LogP contribution in [0.5, 0.6) is 0 Å². The highest BCUT2D eigenvalue weighted by Gasteiger charge is 2.27. The van der Waals surface area contributed by atoms with Crippen LogP contribution in [0.1, 0.15) is 54.4 Å². The predicted molar refractivity (Wildman–Crippen MR) is 81.0 cm³/mol. The van der Waals surface area contributed by atoms with Gasteiger partial charge in [-0.3, -0.25) is 4.79 Å². The van der Waals surface area contributed by atoms with Crippen molar-refractivity contribution in [1.29, 1.82) is 0 Å². The lowest BCUT2D eigenvalue weighted by Crippen LogP contribution is -2.47. The van der Waals surface area contributed by atoms with E-state index in [1.54, 1.807) is 0 Å². The average Bonchev–Trinajstić information content (AvgIpc) is 2.26. The maximum absolute atomic E-state index is 12.4. The van der Waals surface area contributed by atoms with Gasteiger partial charge in [0.1, 0.15) is 0 Å². The van der Waals surface area contributed by atoms with Crippen LogP contribution in [0.25, 0.3) is 0 Å². The Morgan fingerprint density at radius 3 is 1.83 bits per heavy atom. The minimum Gasteiger partial charge on any atom is -0.339 e. The third-order valence-corrected chi connectivity index (χ3v) is 3.41. The lowest BCUT2D eigenvalue weighted by Gasteiger charge is -2.35. The highest BCUT2D eigenvalue weighted by molar-refractivity contribution is 5.85. The number of carbonyl (C=O) groups excluding carboxylic acids is 1. The van der Waals surface area contributed by atoms with Gasteiger partial charge in [-0.25, -0.2) is 0 Å². The van der Waals surface area contributed by atoms with Crippen molar-refractivity contribution < 1.29 is 4.79 Å². The number of nitrogens with two attached hydrogens (primary N) is 1. The van der Waals surface area contributed by atoms with Crippen LogP contribution in [0.2, 0.25) is 0 Å². The molecule has 3 nitrogen and oxygen atoms in total. The molecule has 0 spiro atoms. The lowest BCUT2D eigenvalue weighted by atomic mass is 9.99. The van der Waals surface area contributed by atoms with Crippen LogP contribution in [-0.4, -0.2) is 29.4 Å². The van der Waals surface area contributed by atoms with Gasteiger partial charge >= 0.3 is 0 Å². The average molecular weight is 279 g/mol. The van der Waals surface area contributed by atoms with E-state index in [1.807, 2.05) is 18.7 Å². The van der Waals surface area contributed by atoms with Crippen LogP contribution in [0, 0.1) is 11.8 Å². The topological polar surface area (TPSA) is 46.3 Å². The predicted octanol–water partition coefficient (Wildman–Crippen LogP) is 3.06. The molecular formula is C14H31ClN2O. The third-order valence-electron chi connectivity index (χ3n) is 3.41. The Bertz CT molecular complexity index is 228. The van der Waals surface area contributed by atoms with Crippen LogP contribution in [0.4, 0.5) is 0 Å². The molecule has 0 aromatic rings. The minimum atomic E-state index is -0.0886. The van der Waals surface area contributed by atoms with Crippen molar-refractivity contribution in [3.8, 4) is 0 Å². The molecule has 0 aliphatic carbocycles. The first-order chi connectivity index (χ1) is 7.84. The number of hydrogen-bond acceptors (Lipinski definition) is 2. The van der Waals surface area contributed by atoms with Crippen LogP contribution < -0.4 is 5.73 Å². The van der Waals surface area contributed by atoms with Gasteiger partial charge in [-0.05, 0) is 25.7 Å². The fourth-order valence-corrected chi connectivity index (χ4v) is 2.03. The molecule has 0 fully saturated rings. The fraction of sp³-hybridized carbons (Fsp3) is 0.929. The van der Waals surface area contributed by atoms with Gasteiger partial charge in [0.2, 0.25) is 5.91 Å². The molecular weight excluding hydrogens is 248 g/mol. The molecule has 110 valence electrons. The summed E-state index contributed by atoms with van der Waals surface area (Å²) in [6, 6.07) is 0.276. The number of halogens is 1. The van der Waals surface area contributed by atoms with Gasteiger partial charge in [-0.1, -0.05) is 34.6 Å². The van der Waals surface area contributed by atoms with E-state index in [0.717, 1.165) is 19.4 Å². The molecule has 18 heavy (non-hydrogen) atoms. The van der Waals surface area contributed by atoms with E-state index >= 15 is 0 Å². The molecule has 0 rings (SSSR count). The molecule has 2 unspecified atom stereocenters. The summed E-state index contributed by atoms with van der Waals surface area (Å²) in [6.45, 7) is 13.3. The van der Waals surface area contributed by atoms with Crippen molar-refractivity contribution >= 4 is 18.3 Å². The summed E-state index contributed by atoms with van der Waals surface area (Å²) >= 11 is 0. The Hall–Kier alpha value is -0.280. The van der Waals surface area contributed by atoms with Gasteiger partial charge in [0.25, 0.3) is 0 Å². The zero-order valence-electron chi connectivity index (χ0n) is 12.8. The molecule has 0 aromatic carbocycles. The third kappa shape index (κ3) is 6.05. The van der Waals surface area contributed by atoms with Crippen molar-refractivity contribution in [2.45, 2.75) is 66.5 Å². The van der Waals surface area contributed by atoms with Crippen molar-refractivity contribution in [2.24, 2.45) is 17.6 Å². The maximum Gasteiger partial charge on any atom is 0.227 e. The van der Waals surface area contributed by atoms with Crippen LogP contribution in [-0.2, 0) is 4.79 Å². The van der Waals surface area contributed by atoms with Gasteiger partial charge < -0.3 is 10.6 Å². The van der Waals surface area contributed by atoms with Gasteiger partial charge in [0.15, 0.2) is 0 Å². The van der Waals surface area contributed by atoms with Crippen LogP contribution in [0.3, 0.4) is 0 Å². The van der Waals surface area contributed by atoms with Gasteiger partial charge in [0, 0.05) is 18.6 Å². The molecule has 0 radical (unpaired) electrons. The summed E-state index contributed by atoms with van der Waals surface area (Å²) in [5.74, 6) is 0.622. The monoisotopic (exact) mass is 278 g/mol. The quantitative estimate of drug-likeness (QED) is 0.778. The van der Waals surface area contributed by atoms with Crippen molar-refractivity contribution in [2.75, 3.05) is 6.54 Å². The van der Waals surface area contributed by atoms with E-state index in [4.69, 9.17) is 5.73 Å². The zero-order valence-corrected chi connectivity index (χ0v) is 13.6. The van der Waals surface area contributed by atoms with Gasteiger partial charge in [0.05, 0.1) is 5.92 Å². The second-order valence-electron chi connectivity index (χ2n) is 5.50. The molecule has 0 aliphatic rings. The van der Waals surface area contributed by atoms with Gasteiger partial charge in [-0.2, -0.15) is 0 Å². The molecule has 0 bridgehead atoms.